The highest BCUT2D eigenvalue weighted by atomic mass is 19.4. The third-order valence-electron chi connectivity index (χ3n) is 2.35. The van der Waals surface area contributed by atoms with E-state index in [9.17, 15) is 22.4 Å². The molecule has 1 amide bonds. The molecule has 1 aromatic rings. The second kappa shape index (κ2) is 7.09. The van der Waals surface area contributed by atoms with Gasteiger partial charge < -0.3 is 15.4 Å². The lowest BCUT2D eigenvalue weighted by Crippen LogP contribution is -2.32. The van der Waals surface area contributed by atoms with Crippen LogP contribution in [0.25, 0.3) is 0 Å². The van der Waals surface area contributed by atoms with Crippen molar-refractivity contribution in [2.75, 3.05) is 32.1 Å². The fourth-order valence-corrected chi connectivity index (χ4v) is 1.39. The molecule has 2 N–H and O–H groups in total. The number of amides is 1. The van der Waals surface area contributed by atoms with Gasteiger partial charge in [0, 0.05) is 19.3 Å². The Balaban J connectivity index is 2.59. The molecule has 0 aliphatic heterocycles. The smallest absolute Gasteiger partial charge is 0.383 e. The second-order valence-electron chi connectivity index (χ2n) is 3.89. The van der Waals surface area contributed by atoms with Crippen molar-refractivity contribution in [3.05, 3.63) is 29.6 Å². The average Bonchev–Trinajstić information content (AvgIpc) is 2.36. The minimum absolute atomic E-state index is 0.0145. The topological polar surface area (TPSA) is 50.4 Å². The van der Waals surface area contributed by atoms with Crippen molar-refractivity contribution >= 4 is 11.6 Å². The van der Waals surface area contributed by atoms with Crippen LogP contribution in [0.4, 0.5) is 23.2 Å². The first-order valence-electron chi connectivity index (χ1n) is 5.71. The predicted molar refractivity (Wildman–Crippen MR) is 64.8 cm³/mol. The lowest BCUT2D eigenvalue weighted by molar-refractivity contribution is -0.139. The van der Waals surface area contributed by atoms with Gasteiger partial charge in [0.25, 0.3) is 0 Å². The Kier molecular flexibility index (Phi) is 5.75. The molecule has 8 heteroatoms. The number of methoxy groups -OCH3 is 1. The summed E-state index contributed by atoms with van der Waals surface area (Å²) in [6.45, 7) is 0.418. The summed E-state index contributed by atoms with van der Waals surface area (Å²) in [6, 6.07) is 2.46. The van der Waals surface area contributed by atoms with Crippen molar-refractivity contribution in [2.24, 2.45) is 0 Å². The maximum atomic E-state index is 13.0. The van der Waals surface area contributed by atoms with E-state index in [4.69, 9.17) is 4.74 Å². The van der Waals surface area contributed by atoms with Gasteiger partial charge in [0.1, 0.15) is 5.82 Å². The van der Waals surface area contributed by atoms with Crippen LogP contribution in [0.15, 0.2) is 18.2 Å². The lowest BCUT2D eigenvalue weighted by atomic mass is 10.2. The summed E-state index contributed by atoms with van der Waals surface area (Å²) in [4.78, 5) is 11.3. The summed E-state index contributed by atoms with van der Waals surface area (Å²) in [5.74, 6) is -1.76. The van der Waals surface area contributed by atoms with Gasteiger partial charge in [-0.3, -0.25) is 4.79 Å². The summed E-state index contributed by atoms with van der Waals surface area (Å²) in [7, 11) is 1.47. The zero-order chi connectivity index (χ0) is 15.2. The van der Waals surface area contributed by atoms with E-state index in [0.717, 1.165) is 6.07 Å². The number of halogens is 4. The average molecular weight is 294 g/mol. The molecule has 0 aliphatic rings. The van der Waals surface area contributed by atoms with E-state index in [2.05, 4.69) is 10.6 Å². The molecular formula is C12H14F4N2O2. The van der Waals surface area contributed by atoms with Crippen molar-refractivity contribution in [3.63, 3.8) is 0 Å². The standard InChI is InChI=1S/C12H14F4N2O2/c1-20-5-4-17-11(19)7-18-8-2-3-10(13)9(6-8)12(14,15)16/h2-3,6,18H,4-5,7H2,1H3,(H,17,19). The highest BCUT2D eigenvalue weighted by molar-refractivity contribution is 5.80. The number of carbonyl (C=O) groups excluding carboxylic acids is 1. The van der Waals surface area contributed by atoms with Crippen molar-refractivity contribution in [2.45, 2.75) is 6.18 Å². The van der Waals surface area contributed by atoms with E-state index in [1.165, 1.54) is 7.11 Å². The summed E-state index contributed by atoms with van der Waals surface area (Å²) in [5, 5.41) is 4.98. The summed E-state index contributed by atoms with van der Waals surface area (Å²) in [6.07, 6.45) is -4.78. The molecule has 0 unspecified atom stereocenters. The zero-order valence-electron chi connectivity index (χ0n) is 10.7. The third-order valence-corrected chi connectivity index (χ3v) is 2.35. The van der Waals surface area contributed by atoms with Gasteiger partial charge >= 0.3 is 6.18 Å². The van der Waals surface area contributed by atoms with E-state index in [1.54, 1.807) is 0 Å². The van der Waals surface area contributed by atoms with Gasteiger partial charge in [-0.05, 0) is 18.2 Å². The first-order valence-corrected chi connectivity index (χ1v) is 5.71. The molecule has 0 aromatic heterocycles. The molecule has 0 spiro atoms. The monoisotopic (exact) mass is 294 g/mol. The number of hydrogen-bond acceptors (Lipinski definition) is 3. The molecule has 0 radical (unpaired) electrons. The van der Waals surface area contributed by atoms with Crippen molar-refractivity contribution in [1.82, 2.24) is 5.32 Å². The minimum Gasteiger partial charge on any atom is -0.383 e. The number of rotatable bonds is 6. The maximum absolute atomic E-state index is 13.0. The van der Waals surface area contributed by atoms with Gasteiger partial charge in [0.2, 0.25) is 5.91 Å². The van der Waals surface area contributed by atoms with Crippen LogP contribution in [0, 0.1) is 5.82 Å². The molecule has 0 saturated carbocycles. The normalized spacial score (nSPS) is 11.2. The van der Waals surface area contributed by atoms with Crippen LogP contribution in [-0.4, -0.2) is 32.7 Å². The van der Waals surface area contributed by atoms with Crippen molar-refractivity contribution in [3.8, 4) is 0 Å². The maximum Gasteiger partial charge on any atom is 0.419 e. The fourth-order valence-electron chi connectivity index (χ4n) is 1.39. The van der Waals surface area contributed by atoms with Gasteiger partial charge in [-0.25, -0.2) is 4.39 Å². The molecule has 0 saturated heterocycles. The highest BCUT2D eigenvalue weighted by Gasteiger charge is 2.34. The number of ether oxygens (including phenoxy) is 1. The van der Waals surface area contributed by atoms with Gasteiger partial charge in [-0.2, -0.15) is 13.2 Å². The molecule has 0 atom stereocenters. The Morgan fingerprint density at radius 2 is 2.05 bits per heavy atom. The molecule has 1 rings (SSSR count). The largest absolute Gasteiger partial charge is 0.419 e. The van der Waals surface area contributed by atoms with Gasteiger partial charge in [-0.15, -0.1) is 0 Å². The van der Waals surface area contributed by atoms with Crippen LogP contribution in [0.3, 0.4) is 0 Å². The molecule has 0 bridgehead atoms. The Labute approximate surface area is 113 Å². The molecule has 0 heterocycles. The number of benzene rings is 1. The first kappa shape index (κ1) is 16.2. The summed E-state index contributed by atoms with van der Waals surface area (Å²) >= 11 is 0. The minimum atomic E-state index is -4.78. The Morgan fingerprint density at radius 3 is 2.65 bits per heavy atom. The van der Waals surface area contributed by atoms with Crippen molar-refractivity contribution in [1.29, 1.82) is 0 Å². The second-order valence-corrected chi connectivity index (χ2v) is 3.89. The van der Waals surface area contributed by atoms with Gasteiger partial charge in [0.15, 0.2) is 0 Å². The van der Waals surface area contributed by atoms with Crippen LogP contribution in [0.5, 0.6) is 0 Å². The number of hydrogen-bond donors (Lipinski definition) is 2. The summed E-state index contributed by atoms with van der Waals surface area (Å²) < 4.78 is 55.2. The Bertz CT molecular complexity index is 463. The molecule has 0 aliphatic carbocycles. The predicted octanol–water partition coefficient (Wildman–Crippen LogP) is 2.02. The Morgan fingerprint density at radius 1 is 1.35 bits per heavy atom. The van der Waals surface area contributed by atoms with E-state index in [0.29, 0.717) is 25.3 Å². The number of carbonyl (C=O) groups is 1. The number of anilines is 1. The SMILES string of the molecule is COCCNC(=O)CNc1ccc(F)c(C(F)(F)F)c1. The van der Waals surface area contributed by atoms with Crippen LogP contribution in [-0.2, 0) is 15.7 Å². The van der Waals surface area contributed by atoms with E-state index >= 15 is 0 Å². The van der Waals surface area contributed by atoms with Crippen molar-refractivity contribution < 1.29 is 27.1 Å². The van der Waals surface area contributed by atoms with E-state index in [-0.39, 0.29) is 12.2 Å². The van der Waals surface area contributed by atoms with Crippen LogP contribution < -0.4 is 10.6 Å². The highest BCUT2D eigenvalue weighted by Crippen LogP contribution is 2.32. The molecule has 1 aromatic carbocycles. The van der Waals surface area contributed by atoms with Crippen LogP contribution in [0.1, 0.15) is 5.56 Å². The number of nitrogens with one attached hydrogen (secondary N) is 2. The molecule has 20 heavy (non-hydrogen) atoms. The third kappa shape index (κ3) is 5.04. The van der Waals surface area contributed by atoms with E-state index in [1.807, 2.05) is 0 Å². The lowest BCUT2D eigenvalue weighted by Gasteiger charge is -2.11. The molecule has 4 nitrogen and oxygen atoms in total. The Hall–Kier alpha value is -1.83. The first-order chi connectivity index (χ1) is 9.34. The van der Waals surface area contributed by atoms with Gasteiger partial charge in [-0.1, -0.05) is 0 Å². The molecule has 0 fully saturated rings. The zero-order valence-corrected chi connectivity index (χ0v) is 10.7. The van der Waals surface area contributed by atoms with Gasteiger partial charge in [0.05, 0.1) is 18.7 Å². The molecule has 112 valence electrons. The number of alkyl halides is 3. The summed E-state index contributed by atoms with van der Waals surface area (Å²) in [5.41, 5.74) is -1.36. The fraction of sp³-hybridized carbons (Fsp3) is 0.417. The van der Waals surface area contributed by atoms with Crippen LogP contribution >= 0.6 is 0 Å². The van der Waals surface area contributed by atoms with E-state index < -0.39 is 23.5 Å². The quantitative estimate of drug-likeness (QED) is 0.623. The molecular weight excluding hydrogens is 280 g/mol. The van der Waals surface area contributed by atoms with Crippen LogP contribution in [0.2, 0.25) is 0 Å².